The van der Waals surface area contributed by atoms with E-state index >= 15 is 0 Å². The van der Waals surface area contributed by atoms with E-state index in [9.17, 15) is 4.79 Å². The molecule has 0 radical (unpaired) electrons. The Balaban J connectivity index is 2.01. The molecule has 17 heavy (non-hydrogen) atoms. The first-order chi connectivity index (χ1) is 8.20. The summed E-state index contributed by atoms with van der Waals surface area (Å²) < 4.78 is 10.4. The number of carbonyl (C=O) groups is 1. The molecule has 1 amide bonds. The molecule has 1 aliphatic heterocycles. The fourth-order valence-electron chi connectivity index (χ4n) is 1.65. The van der Waals surface area contributed by atoms with Crippen molar-refractivity contribution in [1.29, 1.82) is 0 Å². The molecule has 0 bridgehead atoms. The van der Waals surface area contributed by atoms with E-state index in [1.807, 2.05) is 6.92 Å². The number of nitrogens with two attached hydrogens (primary N) is 1. The lowest BCUT2D eigenvalue weighted by molar-refractivity contribution is -0.117. The van der Waals surface area contributed by atoms with Crippen molar-refractivity contribution in [2.45, 2.75) is 25.8 Å². The van der Waals surface area contributed by atoms with E-state index in [-0.39, 0.29) is 12.7 Å². The molecule has 1 aromatic carbocycles. The number of carbonyl (C=O) groups excluding carboxylic acids is 1. The number of benzene rings is 1. The number of rotatable bonds is 4. The zero-order valence-electron chi connectivity index (χ0n) is 9.73. The summed E-state index contributed by atoms with van der Waals surface area (Å²) in [6.07, 6.45) is 1.56. The number of nitrogens with one attached hydrogen (secondary N) is 1. The molecule has 5 heteroatoms. The minimum atomic E-state index is -0.467. The second kappa shape index (κ2) is 5.05. The molecule has 2 rings (SSSR count). The Morgan fingerprint density at radius 2 is 2.24 bits per heavy atom. The lowest BCUT2D eigenvalue weighted by Crippen LogP contribution is -2.35. The second-order valence-corrected chi connectivity index (χ2v) is 3.95. The van der Waals surface area contributed by atoms with Crippen molar-refractivity contribution in [3.8, 4) is 11.5 Å². The minimum Gasteiger partial charge on any atom is -0.454 e. The molecule has 5 nitrogen and oxygen atoms in total. The van der Waals surface area contributed by atoms with Crippen LogP contribution in [0.25, 0.3) is 0 Å². The van der Waals surface area contributed by atoms with Crippen molar-refractivity contribution in [1.82, 2.24) is 0 Å². The molecule has 1 aromatic rings. The van der Waals surface area contributed by atoms with Crippen LogP contribution in [0, 0.1) is 0 Å². The molecule has 0 aromatic heterocycles. The van der Waals surface area contributed by atoms with Crippen molar-refractivity contribution in [2.24, 2.45) is 5.73 Å². The summed E-state index contributed by atoms with van der Waals surface area (Å²) in [6.45, 7) is 2.22. The van der Waals surface area contributed by atoms with Crippen molar-refractivity contribution in [3.05, 3.63) is 18.2 Å². The van der Waals surface area contributed by atoms with E-state index in [1.54, 1.807) is 18.2 Å². The SMILES string of the molecule is CCCC(N)C(=O)Nc1ccc2c(c1)OCO2. The van der Waals surface area contributed by atoms with Crippen LogP contribution in [0.2, 0.25) is 0 Å². The van der Waals surface area contributed by atoms with E-state index < -0.39 is 6.04 Å². The van der Waals surface area contributed by atoms with Gasteiger partial charge in [-0.25, -0.2) is 0 Å². The Kier molecular flexibility index (Phi) is 3.49. The smallest absolute Gasteiger partial charge is 0.241 e. The maximum absolute atomic E-state index is 11.7. The maximum Gasteiger partial charge on any atom is 0.241 e. The summed E-state index contributed by atoms with van der Waals surface area (Å²) in [7, 11) is 0. The van der Waals surface area contributed by atoms with Gasteiger partial charge in [0, 0.05) is 11.8 Å². The van der Waals surface area contributed by atoms with Gasteiger partial charge in [-0.15, -0.1) is 0 Å². The fraction of sp³-hybridized carbons (Fsp3) is 0.417. The summed E-state index contributed by atoms with van der Waals surface area (Å²) in [6, 6.07) is 4.80. The number of anilines is 1. The molecule has 0 saturated carbocycles. The molecule has 1 aliphatic rings. The average molecular weight is 236 g/mol. The molecule has 1 heterocycles. The highest BCUT2D eigenvalue weighted by atomic mass is 16.7. The molecule has 92 valence electrons. The van der Waals surface area contributed by atoms with Crippen LogP contribution < -0.4 is 20.5 Å². The predicted octanol–water partition coefficient (Wildman–Crippen LogP) is 1.48. The Morgan fingerprint density at radius 1 is 1.47 bits per heavy atom. The quantitative estimate of drug-likeness (QED) is 0.830. The molecule has 1 atom stereocenters. The fourth-order valence-corrected chi connectivity index (χ4v) is 1.65. The molecule has 3 N–H and O–H groups in total. The van der Waals surface area contributed by atoms with Crippen molar-refractivity contribution < 1.29 is 14.3 Å². The minimum absolute atomic E-state index is 0.175. The summed E-state index contributed by atoms with van der Waals surface area (Å²) in [5.41, 5.74) is 6.39. The highest BCUT2D eigenvalue weighted by Crippen LogP contribution is 2.34. The Hall–Kier alpha value is -1.75. The van der Waals surface area contributed by atoms with Gasteiger partial charge in [0.15, 0.2) is 11.5 Å². The molecule has 0 spiro atoms. The van der Waals surface area contributed by atoms with Crippen LogP contribution in [0.15, 0.2) is 18.2 Å². The summed E-state index contributed by atoms with van der Waals surface area (Å²) >= 11 is 0. The lowest BCUT2D eigenvalue weighted by Gasteiger charge is -2.11. The highest BCUT2D eigenvalue weighted by Gasteiger charge is 2.16. The zero-order valence-corrected chi connectivity index (χ0v) is 9.73. The van der Waals surface area contributed by atoms with E-state index in [2.05, 4.69) is 5.32 Å². The van der Waals surface area contributed by atoms with Crippen LogP contribution in [0.1, 0.15) is 19.8 Å². The van der Waals surface area contributed by atoms with Crippen molar-refractivity contribution in [2.75, 3.05) is 12.1 Å². The summed E-state index contributed by atoms with van der Waals surface area (Å²) in [5.74, 6) is 1.17. The van der Waals surface area contributed by atoms with Crippen molar-refractivity contribution >= 4 is 11.6 Å². The third kappa shape index (κ3) is 2.68. The topological polar surface area (TPSA) is 73.6 Å². The highest BCUT2D eigenvalue weighted by molar-refractivity contribution is 5.94. The summed E-state index contributed by atoms with van der Waals surface area (Å²) in [4.78, 5) is 11.7. The molecule has 0 aliphatic carbocycles. The number of fused-ring (bicyclic) bond motifs is 1. The predicted molar refractivity (Wildman–Crippen MR) is 64.1 cm³/mol. The first-order valence-electron chi connectivity index (χ1n) is 5.67. The number of amides is 1. The third-order valence-corrected chi connectivity index (χ3v) is 2.58. The maximum atomic E-state index is 11.7. The monoisotopic (exact) mass is 236 g/mol. The standard InChI is InChI=1S/C12H16N2O3/c1-2-3-9(13)12(15)14-8-4-5-10-11(6-8)17-7-16-10/h4-6,9H,2-3,7,13H2,1H3,(H,14,15). The van der Waals surface area contributed by atoms with Gasteiger partial charge in [0.2, 0.25) is 12.7 Å². The summed E-state index contributed by atoms with van der Waals surface area (Å²) in [5, 5.41) is 2.76. The molecule has 1 unspecified atom stereocenters. The molecule has 0 saturated heterocycles. The second-order valence-electron chi connectivity index (χ2n) is 3.95. The number of hydrogen-bond acceptors (Lipinski definition) is 4. The molecule has 0 fully saturated rings. The van der Waals surface area contributed by atoms with E-state index in [0.29, 0.717) is 23.6 Å². The van der Waals surface area contributed by atoms with Gasteiger partial charge in [-0.05, 0) is 18.6 Å². The van der Waals surface area contributed by atoms with Crippen LogP contribution in [-0.2, 0) is 4.79 Å². The first-order valence-corrected chi connectivity index (χ1v) is 5.67. The molecular formula is C12H16N2O3. The van der Waals surface area contributed by atoms with Gasteiger partial charge in [0.1, 0.15) is 0 Å². The average Bonchev–Trinajstić information content (AvgIpc) is 2.76. The van der Waals surface area contributed by atoms with Gasteiger partial charge in [-0.2, -0.15) is 0 Å². The largest absolute Gasteiger partial charge is 0.454 e. The normalized spacial score (nSPS) is 14.5. The number of ether oxygens (including phenoxy) is 2. The number of hydrogen-bond donors (Lipinski definition) is 2. The first kappa shape index (κ1) is 11.7. The van der Waals surface area contributed by atoms with Gasteiger partial charge >= 0.3 is 0 Å². The van der Waals surface area contributed by atoms with Gasteiger partial charge in [0.25, 0.3) is 0 Å². The van der Waals surface area contributed by atoms with Crippen LogP contribution in [0.3, 0.4) is 0 Å². The van der Waals surface area contributed by atoms with Crippen LogP contribution in [0.5, 0.6) is 11.5 Å². The van der Waals surface area contributed by atoms with Gasteiger partial charge in [-0.1, -0.05) is 13.3 Å². The van der Waals surface area contributed by atoms with Crippen LogP contribution in [-0.4, -0.2) is 18.7 Å². The lowest BCUT2D eigenvalue weighted by atomic mass is 10.1. The van der Waals surface area contributed by atoms with E-state index in [0.717, 1.165) is 6.42 Å². The van der Waals surface area contributed by atoms with Gasteiger partial charge < -0.3 is 20.5 Å². The molecular weight excluding hydrogens is 220 g/mol. The van der Waals surface area contributed by atoms with E-state index in [4.69, 9.17) is 15.2 Å². The Morgan fingerprint density at radius 3 is 3.00 bits per heavy atom. The van der Waals surface area contributed by atoms with Gasteiger partial charge in [0.05, 0.1) is 6.04 Å². The Labute approximate surface area is 99.9 Å². The van der Waals surface area contributed by atoms with E-state index in [1.165, 1.54) is 0 Å². The zero-order chi connectivity index (χ0) is 12.3. The third-order valence-electron chi connectivity index (χ3n) is 2.58. The van der Waals surface area contributed by atoms with Crippen LogP contribution in [0.4, 0.5) is 5.69 Å². The van der Waals surface area contributed by atoms with Crippen molar-refractivity contribution in [3.63, 3.8) is 0 Å². The van der Waals surface area contributed by atoms with Crippen LogP contribution >= 0.6 is 0 Å². The van der Waals surface area contributed by atoms with Gasteiger partial charge in [-0.3, -0.25) is 4.79 Å². The Bertz CT molecular complexity index is 420.